The molecule has 3 aliphatic rings. The van der Waals surface area contributed by atoms with E-state index >= 15 is 0 Å². The van der Waals surface area contributed by atoms with E-state index in [1.807, 2.05) is 19.1 Å². The highest BCUT2D eigenvalue weighted by atomic mass is 16.5. The summed E-state index contributed by atoms with van der Waals surface area (Å²) in [5.74, 6) is 0.863. The van der Waals surface area contributed by atoms with Gasteiger partial charge in [0.2, 0.25) is 0 Å². The van der Waals surface area contributed by atoms with Crippen LogP contribution in [0.3, 0.4) is 0 Å². The predicted octanol–water partition coefficient (Wildman–Crippen LogP) is 3.07. The molecular formula is C16H20O3. The monoisotopic (exact) mass is 260 g/mol. The number of carbonyl (C=O) groups excluding carboxylic acids is 1. The van der Waals surface area contributed by atoms with E-state index in [0.717, 1.165) is 25.0 Å². The molecule has 0 radical (unpaired) electrons. The van der Waals surface area contributed by atoms with Crippen molar-refractivity contribution in [2.24, 2.45) is 5.41 Å². The first kappa shape index (κ1) is 12.5. The average Bonchev–Trinajstić information content (AvgIpc) is 2.32. The first-order valence-corrected chi connectivity index (χ1v) is 6.92. The standard InChI is InChI=1S/C16H20O3/c1-3-19-14(17)8-15-9-16(10-15,11-15)12-4-6-13(18-2)7-5-12/h4-7H,3,8-11H2,1-2H3. The summed E-state index contributed by atoms with van der Waals surface area (Å²) in [6, 6.07) is 8.36. The van der Waals surface area contributed by atoms with Crippen LogP contribution in [0.1, 0.15) is 38.2 Å². The van der Waals surface area contributed by atoms with Gasteiger partial charge in [-0.2, -0.15) is 0 Å². The van der Waals surface area contributed by atoms with Crippen molar-refractivity contribution in [3.05, 3.63) is 29.8 Å². The second kappa shape index (κ2) is 4.26. The van der Waals surface area contributed by atoms with Crippen molar-refractivity contribution in [2.75, 3.05) is 13.7 Å². The van der Waals surface area contributed by atoms with E-state index in [-0.39, 0.29) is 11.4 Å². The number of benzene rings is 1. The summed E-state index contributed by atoms with van der Waals surface area (Å²) in [4.78, 5) is 11.6. The largest absolute Gasteiger partial charge is 0.497 e. The number of ether oxygens (including phenoxy) is 2. The zero-order chi connectivity index (χ0) is 13.5. The molecule has 1 aromatic rings. The zero-order valence-electron chi connectivity index (χ0n) is 11.6. The lowest BCUT2D eigenvalue weighted by Gasteiger charge is -2.71. The van der Waals surface area contributed by atoms with Crippen LogP contribution in [0.15, 0.2) is 24.3 Å². The fourth-order valence-corrected chi connectivity index (χ4v) is 3.95. The molecule has 2 bridgehead atoms. The van der Waals surface area contributed by atoms with Gasteiger partial charge in [-0.15, -0.1) is 0 Å². The van der Waals surface area contributed by atoms with E-state index in [1.54, 1.807) is 7.11 Å². The van der Waals surface area contributed by atoms with E-state index in [0.29, 0.717) is 18.4 Å². The van der Waals surface area contributed by atoms with Crippen LogP contribution in [0.2, 0.25) is 0 Å². The molecule has 0 aromatic heterocycles. The summed E-state index contributed by atoms with van der Waals surface area (Å²) >= 11 is 0. The molecule has 0 spiro atoms. The molecule has 1 aromatic carbocycles. The van der Waals surface area contributed by atoms with Gasteiger partial charge in [0, 0.05) is 0 Å². The molecule has 3 aliphatic carbocycles. The number of hydrogen-bond donors (Lipinski definition) is 0. The number of rotatable bonds is 5. The molecule has 0 saturated heterocycles. The highest BCUT2D eigenvalue weighted by Gasteiger charge is 2.68. The third kappa shape index (κ3) is 1.92. The van der Waals surface area contributed by atoms with Gasteiger partial charge < -0.3 is 9.47 Å². The third-order valence-corrected chi connectivity index (χ3v) is 4.67. The van der Waals surface area contributed by atoms with Gasteiger partial charge in [-0.25, -0.2) is 0 Å². The van der Waals surface area contributed by atoms with E-state index < -0.39 is 0 Å². The van der Waals surface area contributed by atoms with Crippen LogP contribution in [0, 0.1) is 5.41 Å². The lowest BCUT2D eigenvalue weighted by Crippen LogP contribution is -2.65. The molecule has 0 heterocycles. The smallest absolute Gasteiger partial charge is 0.306 e. The van der Waals surface area contributed by atoms with Crippen molar-refractivity contribution in [3.63, 3.8) is 0 Å². The van der Waals surface area contributed by atoms with Crippen LogP contribution in [0.5, 0.6) is 5.75 Å². The molecule has 0 atom stereocenters. The van der Waals surface area contributed by atoms with Crippen LogP contribution in [0.25, 0.3) is 0 Å². The lowest BCUT2D eigenvalue weighted by atomic mass is 9.33. The van der Waals surface area contributed by atoms with Crippen LogP contribution < -0.4 is 4.74 Å². The Bertz CT molecular complexity index is 469. The summed E-state index contributed by atoms with van der Waals surface area (Å²) < 4.78 is 10.2. The Morgan fingerprint density at radius 2 is 1.84 bits per heavy atom. The minimum Gasteiger partial charge on any atom is -0.497 e. The summed E-state index contributed by atoms with van der Waals surface area (Å²) in [7, 11) is 1.68. The molecule has 0 amide bonds. The topological polar surface area (TPSA) is 35.5 Å². The SMILES string of the molecule is CCOC(=O)CC12CC(c3ccc(OC)cc3)(C1)C2. The van der Waals surface area contributed by atoms with Crippen molar-refractivity contribution in [1.82, 2.24) is 0 Å². The van der Waals surface area contributed by atoms with Gasteiger partial charge in [-0.1, -0.05) is 12.1 Å². The van der Waals surface area contributed by atoms with Gasteiger partial charge in [-0.3, -0.25) is 4.79 Å². The average molecular weight is 260 g/mol. The van der Waals surface area contributed by atoms with E-state index in [2.05, 4.69) is 12.1 Å². The normalized spacial score (nSPS) is 31.1. The fraction of sp³-hybridized carbons (Fsp3) is 0.562. The second-order valence-corrected chi connectivity index (χ2v) is 6.02. The van der Waals surface area contributed by atoms with Crippen LogP contribution >= 0.6 is 0 Å². The Kier molecular flexibility index (Phi) is 2.80. The van der Waals surface area contributed by atoms with Gasteiger partial charge >= 0.3 is 5.97 Å². The third-order valence-electron chi connectivity index (χ3n) is 4.67. The number of esters is 1. The summed E-state index contributed by atoms with van der Waals surface area (Å²) in [5.41, 5.74) is 1.96. The second-order valence-electron chi connectivity index (χ2n) is 6.02. The minimum absolute atomic E-state index is 0.0365. The van der Waals surface area contributed by atoms with Crippen molar-refractivity contribution in [1.29, 1.82) is 0 Å². The van der Waals surface area contributed by atoms with Gasteiger partial charge in [0.1, 0.15) is 5.75 Å². The molecule has 19 heavy (non-hydrogen) atoms. The highest BCUT2D eigenvalue weighted by molar-refractivity contribution is 5.71. The highest BCUT2D eigenvalue weighted by Crippen LogP contribution is 2.75. The molecule has 3 fully saturated rings. The maximum absolute atomic E-state index is 11.6. The Morgan fingerprint density at radius 1 is 1.21 bits per heavy atom. The summed E-state index contributed by atoms with van der Waals surface area (Å²) in [5, 5.41) is 0. The van der Waals surface area contributed by atoms with E-state index in [4.69, 9.17) is 9.47 Å². The van der Waals surface area contributed by atoms with Crippen molar-refractivity contribution in [2.45, 2.75) is 38.0 Å². The van der Waals surface area contributed by atoms with E-state index in [9.17, 15) is 4.79 Å². The first-order valence-electron chi connectivity index (χ1n) is 6.92. The molecule has 0 unspecified atom stereocenters. The summed E-state index contributed by atoms with van der Waals surface area (Å²) in [6.45, 7) is 2.34. The molecular weight excluding hydrogens is 240 g/mol. The van der Waals surface area contributed by atoms with Gasteiger partial charge in [0.05, 0.1) is 20.1 Å². The Balaban J connectivity index is 1.61. The molecule has 0 N–H and O–H groups in total. The molecule has 102 valence electrons. The first-order chi connectivity index (χ1) is 9.11. The number of hydrogen-bond acceptors (Lipinski definition) is 3. The summed E-state index contributed by atoms with van der Waals surface area (Å²) in [6.07, 6.45) is 3.99. The zero-order valence-corrected chi connectivity index (χ0v) is 11.6. The van der Waals surface area contributed by atoms with Crippen molar-refractivity contribution < 1.29 is 14.3 Å². The molecule has 0 aliphatic heterocycles. The number of methoxy groups -OCH3 is 1. The van der Waals surface area contributed by atoms with E-state index in [1.165, 1.54) is 5.56 Å². The Labute approximate surface area is 113 Å². The van der Waals surface area contributed by atoms with Crippen LogP contribution in [-0.2, 0) is 14.9 Å². The maximum Gasteiger partial charge on any atom is 0.306 e. The van der Waals surface area contributed by atoms with Gasteiger partial charge in [0.25, 0.3) is 0 Å². The molecule has 3 nitrogen and oxygen atoms in total. The quantitative estimate of drug-likeness (QED) is 0.763. The van der Waals surface area contributed by atoms with Crippen molar-refractivity contribution in [3.8, 4) is 5.75 Å². The van der Waals surface area contributed by atoms with Gasteiger partial charge in [-0.05, 0) is 54.7 Å². The Hall–Kier alpha value is -1.51. The molecule has 4 rings (SSSR count). The minimum atomic E-state index is -0.0365. The van der Waals surface area contributed by atoms with Crippen LogP contribution in [-0.4, -0.2) is 19.7 Å². The predicted molar refractivity (Wildman–Crippen MR) is 72.2 cm³/mol. The molecule has 3 saturated carbocycles. The van der Waals surface area contributed by atoms with Crippen LogP contribution in [0.4, 0.5) is 0 Å². The van der Waals surface area contributed by atoms with Gasteiger partial charge in [0.15, 0.2) is 0 Å². The Morgan fingerprint density at radius 3 is 2.37 bits per heavy atom. The maximum atomic E-state index is 11.6. The lowest BCUT2D eigenvalue weighted by molar-refractivity contribution is -0.174. The fourth-order valence-electron chi connectivity index (χ4n) is 3.95. The van der Waals surface area contributed by atoms with Crippen molar-refractivity contribution >= 4 is 5.97 Å². The number of carbonyl (C=O) groups is 1. The molecule has 3 heteroatoms.